The predicted molar refractivity (Wildman–Crippen MR) is 142 cm³/mol. The van der Waals surface area contributed by atoms with Gasteiger partial charge in [0.15, 0.2) is 19.8 Å². The highest BCUT2D eigenvalue weighted by Crippen LogP contribution is 2.41. The van der Waals surface area contributed by atoms with Gasteiger partial charge in [0.2, 0.25) is 0 Å². The number of ether oxygens (including phenoxy) is 6. The van der Waals surface area contributed by atoms with Gasteiger partial charge in [0.25, 0.3) is 0 Å². The fourth-order valence-electron chi connectivity index (χ4n) is 3.99. The molecule has 206 valence electrons. The molecule has 3 rings (SSSR count). The molecule has 0 radical (unpaired) electrons. The number of carbonyl (C=O) groups is 3. The Labute approximate surface area is 227 Å². The van der Waals surface area contributed by atoms with E-state index in [1.54, 1.807) is 24.3 Å². The van der Waals surface area contributed by atoms with Crippen LogP contribution in [0.3, 0.4) is 0 Å². The molecule has 0 spiro atoms. The van der Waals surface area contributed by atoms with Gasteiger partial charge in [-0.15, -0.1) is 0 Å². The molecule has 3 aromatic carbocycles. The van der Waals surface area contributed by atoms with Gasteiger partial charge in [0.1, 0.15) is 17.2 Å². The highest BCUT2D eigenvalue weighted by Gasteiger charge is 2.32. The van der Waals surface area contributed by atoms with Gasteiger partial charge in [-0.3, -0.25) is 0 Å². The lowest BCUT2D eigenvalue weighted by Crippen LogP contribution is -2.25. The number of methoxy groups -OCH3 is 3. The molecule has 9 heteroatoms. The molecular weight excluding hydrogens is 504 g/mol. The van der Waals surface area contributed by atoms with Gasteiger partial charge in [-0.2, -0.15) is 0 Å². The van der Waals surface area contributed by atoms with Crippen molar-refractivity contribution < 1.29 is 42.8 Å². The zero-order valence-electron chi connectivity index (χ0n) is 22.6. The SMILES string of the molecule is COC(=O)COc1ccc(C(C)(c2ccc(OCC(=O)OC)cc2)c2ccc(OCC(=O)OC)c(C)c2)cc1. The molecule has 0 saturated heterocycles. The highest BCUT2D eigenvalue weighted by atomic mass is 16.6. The summed E-state index contributed by atoms with van der Waals surface area (Å²) in [5.74, 6) is 0.227. The molecule has 0 aliphatic rings. The quantitative estimate of drug-likeness (QED) is 0.193. The van der Waals surface area contributed by atoms with Gasteiger partial charge in [0.05, 0.1) is 21.3 Å². The molecular formula is C30H32O9. The van der Waals surface area contributed by atoms with E-state index in [0.29, 0.717) is 17.2 Å². The third-order valence-electron chi connectivity index (χ3n) is 6.36. The summed E-state index contributed by atoms with van der Waals surface area (Å²) in [6.07, 6.45) is 0. The van der Waals surface area contributed by atoms with Gasteiger partial charge in [-0.05, 0) is 66.4 Å². The van der Waals surface area contributed by atoms with Gasteiger partial charge in [-0.25, -0.2) is 14.4 Å². The zero-order chi connectivity index (χ0) is 28.4. The second-order valence-electron chi connectivity index (χ2n) is 8.75. The first-order valence-electron chi connectivity index (χ1n) is 12.1. The van der Waals surface area contributed by atoms with Crippen molar-refractivity contribution in [3.63, 3.8) is 0 Å². The molecule has 0 unspecified atom stereocenters. The number of rotatable bonds is 12. The number of hydrogen-bond donors (Lipinski definition) is 0. The van der Waals surface area contributed by atoms with Gasteiger partial charge in [0, 0.05) is 5.41 Å². The van der Waals surface area contributed by atoms with Gasteiger partial charge >= 0.3 is 17.9 Å². The second kappa shape index (κ2) is 13.3. The van der Waals surface area contributed by atoms with Crippen molar-refractivity contribution >= 4 is 17.9 Å². The Bertz CT molecular complexity index is 1220. The standard InChI is InChI=1S/C30H32O9/c1-20-16-23(10-15-26(20)39-19-29(33)36-5)30(2,21-6-11-24(12-7-21)37-17-27(31)34-3)22-8-13-25(14-9-22)38-18-28(32)35-4/h6-16H,17-19H2,1-5H3. The molecule has 0 aliphatic heterocycles. The lowest BCUT2D eigenvalue weighted by Gasteiger charge is -2.32. The van der Waals surface area contributed by atoms with E-state index >= 15 is 0 Å². The molecule has 0 fully saturated rings. The Morgan fingerprint density at radius 2 is 0.974 bits per heavy atom. The van der Waals surface area contributed by atoms with E-state index in [0.717, 1.165) is 22.3 Å². The normalized spacial score (nSPS) is 10.8. The molecule has 0 N–H and O–H groups in total. The Kier molecular flexibility index (Phi) is 9.92. The summed E-state index contributed by atoms with van der Waals surface area (Å²) in [5.41, 5.74) is 3.10. The molecule has 0 aliphatic carbocycles. The van der Waals surface area contributed by atoms with Crippen molar-refractivity contribution in [3.05, 3.63) is 89.0 Å². The molecule has 9 nitrogen and oxygen atoms in total. The minimum atomic E-state index is -0.632. The van der Waals surface area contributed by atoms with E-state index < -0.39 is 23.3 Å². The second-order valence-corrected chi connectivity index (χ2v) is 8.75. The van der Waals surface area contributed by atoms with Crippen LogP contribution in [0.2, 0.25) is 0 Å². The molecule has 0 saturated carbocycles. The van der Waals surface area contributed by atoms with Crippen LogP contribution in [0.1, 0.15) is 29.2 Å². The number of esters is 3. The maximum atomic E-state index is 11.5. The smallest absolute Gasteiger partial charge is 0.343 e. The average molecular weight is 537 g/mol. The van der Waals surface area contributed by atoms with E-state index in [1.807, 2.05) is 49.4 Å². The first-order chi connectivity index (χ1) is 18.7. The molecule has 0 heterocycles. The Balaban J connectivity index is 1.98. The van der Waals surface area contributed by atoms with Crippen molar-refractivity contribution in [2.45, 2.75) is 19.3 Å². The molecule has 0 atom stereocenters. The maximum Gasteiger partial charge on any atom is 0.343 e. The minimum Gasteiger partial charge on any atom is -0.482 e. The van der Waals surface area contributed by atoms with E-state index in [1.165, 1.54) is 21.3 Å². The van der Waals surface area contributed by atoms with Crippen LogP contribution in [0.5, 0.6) is 17.2 Å². The topological polar surface area (TPSA) is 107 Å². The summed E-state index contributed by atoms with van der Waals surface area (Å²) in [4.78, 5) is 34.4. The molecule has 0 bridgehead atoms. The molecule has 3 aromatic rings. The van der Waals surface area contributed by atoms with Crippen molar-refractivity contribution in [1.29, 1.82) is 0 Å². The van der Waals surface area contributed by atoms with E-state index in [4.69, 9.17) is 14.2 Å². The summed E-state index contributed by atoms with van der Waals surface area (Å²) >= 11 is 0. The lowest BCUT2D eigenvalue weighted by atomic mass is 9.71. The summed E-state index contributed by atoms with van der Waals surface area (Å²) < 4.78 is 30.6. The Hall–Kier alpha value is -4.53. The number of hydrogen-bond acceptors (Lipinski definition) is 9. The van der Waals surface area contributed by atoms with Crippen LogP contribution in [0, 0.1) is 6.92 Å². The van der Waals surface area contributed by atoms with E-state index in [2.05, 4.69) is 21.1 Å². The van der Waals surface area contributed by atoms with E-state index in [-0.39, 0.29) is 19.8 Å². The van der Waals surface area contributed by atoms with Crippen LogP contribution in [0.4, 0.5) is 0 Å². The zero-order valence-corrected chi connectivity index (χ0v) is 22.6. The number of carbonyl (C=O) groups excluding carboxylic acids is 3. The van der Waals surface area contributed by atoms with E-state index in [9.17, 15) is 14.4 Å². The summed E-state index contributed by atoms with van der Waals surface area (Å²) in [6, 6.07) is 20.7. The van der Waals surface area contributed by atoms with Crippen molar-refractivity contribution in [1.82, 2.24) is 0 Å². The van der Waals surface area contributed by atoms with Crippen molar-refractivity contribution in [2.24, 2.45) is 0 Å². The Morgan fingerprint density at radius 1 is 0.590 bits per heavy atom. The number of benzene rings is 3. The summed E-state index contributed by atoms with van der Waals surface area (Å²) in [6.45, 7) is 3.43. The first-order valence-corrected chi connectivity index (χ1v) is 12.1. The number of aryl methyl sites for hydroxylation is 1. The van der Waals surface area contributed by atoms with Crippen LogP contribution in [-0.2, 0) is 34.0 Å². The summed E-state index contributed by atoms with van der Waals surface area (Å²) in [7, 11) is 3.92. The maximum absolute atomic E-state index is 11.5. The molecule has 0 amide bonds. The fraction of sp³-hybridized carbons (Fsp3) is 0.300. The monoisotopic (exact) mass is 536 g/mol. The van der Waals surface area contributed by atoms with Crippen LogP contribution in [0.15, 0.2) is 66.7 Å². The summed E-state index contributed by atoms with van der Waals surface area (Å²) in [5, 5.41) is 0. The van der Waals surface area contributed by atoms with Crippen LogP contribution < -0.4 is 14.2 Å². The fourth-order valence-corrected chi connectivity index (χ4v) is 3.99. The minimum absolute atomic E-state index is 0.186. The molecule has 0 aromatic heterocycles. The van der Waals surface area contributed by atoms with Crippen LogP contribution in [-0.4, -0.2) is 59.1 Å². The average Bonchev–Trinajstić information content (AvgIpc) is 2.97. The third-order valence-corrected chi connectivity index (χ3v) is 6.36. The highest BCUT2D eigenvalue weighted by molar-refractivity contribution is 5.71. The van der Waals surface area contributed by atoms with Crippen LogP contribution >= 0.6 is 0 Å². The van der Waals surface area contributed by atoms with Gasteiger partial charge < -0.3 is 28.4 Å². The molecule has 39 heavy (non-hydrogen) atoms. The van der Waals surface area contributed by atoms with Crippen molar-refractivity contribution in [3.8, 4) is 17.2 Å². The third kappa shape index (κ3) is 7.28. The van der Waals surface area contributed by atoms with Crippen LogP contribution in [0.25, 0.3) is 0 Å². The lowest BCUT2D eigenvalue weighted by molar-refractivity contribution is -0.143. The van der Waals surface area contributed by atoms with Crippen molar-refractivity contribution in [2.75, 3.05) is 41.2 Å². The van der Waals surface area contributed by atoms with Gasteiger partial charge in [-0.1, -0.05) is 36.4 Å². The predicted octanol–water partition coefficient (Wildman–Crippen LogP) is 4.00. The Morgan fingerprint density at radius 3 is 1.36 bits per heavy atom. The first kappa shape index (κ1) is 29.0. The largest absolute Gasteiger partial charge is 0.482 e.